The molecule has 1 amide bonds. The molecule has 1 saturated heterocycles. The van der Waals surface area contributed by atoms with Gasteiger partial charge in [0.05, 0.1) is 5.41 Å². The van der Waals surface area contributed by atoms with E-state index >= 15 is 0 Å². The molecule has 118 valence electrons. The zero-order chi connectivity index (χ0) is 15.7. The van der Waals surface area contributed by atoms with Gasteiger partial charge < -0.3 is 10.0 Å². The second-order valence-corrected chi connectivity index (χ2v) is 7.34. The lowest BCUT2D eigenvalue weighted by Crippen LogP contribution is -2.44. The van der Waals surface area contributed by atoms with Crippen molar-refractivity contribution in [2.45, 2.75) is 37.5 Å². The lowest BCUT2D eigenvalue weighted by atomic mass is 9.90. The molecule has 4 nitrogen and oxygen atoms in total. The first-order valence-corrected chi connectivity index (χ1v) is 8.58. The van der Waals surface area contributed by atoms with Crippen LogP contribution in [-0.4, -0.2) is 35.0 Å². The summed E-state index contributed by atoms with van der Waals surface area (Å²) in [6.45, 7) is 1.38. The summed E-state index contributed by atoms with van der Waals surface area (Å²) in [6.07, 6.45) is 3.66. The smallest absolute Gasteiger partial charge is 0.303 e. The zero-order valence-corrected chi connectivity index (χ0v) is 14.0. The number of aliphatic carboxylic acids is 1. The standard InChI is InChI=1S/C17H20BrNO3/c18-14-3-1-13(2-4-14)17(7-8-17)16(22)19-9-5-12(6-10-19)11-15(20)21/h1-4,12H,5-11H2,(H,20,21). The van der Waals surface area contributed by atoms with Crippen molar-refractivity contribution in [2.24, 2.45) is 5.92 Å². The molecule has 1 N–H and O–H groups in total. The highest BCUT2D eigenvalue weighted by Crippen LogP contribution is 2.50. The van der Waals surface area contributed by atoms with Gasteiger partial charge in [-0.05, 0) is 49.3 Å². The van der Waals surface area contributed by atoms with Gasteiger partial charge in [-0.1, -0.05) is 28.1 Å². The third-order valence-electron chi connectivity index (χ3n) is 4.92. The fourth-order valence-corrected chi connectivity index (χ4v) is 3.67. The predicted octanol–water partition coefficient (Wildman–Crippen LogP) is 3.19. The molecule has 0 radical (unpaired) electrons. The lowest BCUT2D eigenvalue weighted by Gasteiger charge is -2.34. The van der Waals surface area contributed by atoms with Crippen LogP contribution in [0.15, 0.2) is 28.7 Å². The maximum atomic E-state index is 12.9. The minimum absolute atomic E-state index is 0.212. The Morgan fingerprint density at radius 2 is 1.77 bits per heavy atom. The Hall–Kier alpha value is -1.36. The third-order valence-corrected chi connectivity index (χ3v) is 5.45. The molecule has 3 rings (SSSR count). The van der Waals surface area contributed by atoms with Crippen LogP contribution < -0.4 is 0 Å². The molecule has 22 heavy (non-hydrogen) atoms. The normalized spacial score (nSPS) is 20.7. The number of likely N-dealkylation sites (tertiary alicyclic amines) is 1. The summed E-state index contributed by atoms with van der Waals surface area (Å²) in [5.41, 5.74) is 0.786. The number of hydrogen-bond acceptors (Lipinski definition) is 2. The number of carbonyl (C=O) groups is 2. The van der Waals surface area contributed by atoms with Crippen molar-refractivity contribution in [3.63, 3.8) is 0 Å². The molecule has 1 aromatic carbocycles. The first-order chi connectivity index (χ1) is 10.5. The summed E-state index contributed by atoms with van der Waals surface area (Å²) in [6, 6.07) is 8.04. The van der Waals surface area contributed by atoms with Crippen LogP contribution in [0.2, 0.25) is 0 Å². The molecule has 0 unspecified atom stereocenters. The van der Waals surface area contributed by atoms with E-state index in [1.165, 1.54) is 0 Å². The van der Waals surface area contributed by atoms with Gasteiger partial charge in [0.15, 0.2) is 0 Å². The SMILES string of the molecule is O=C(O)CC1CCN(C(=O)C2(c3ccc(Br)cc3)CC2)CC1. The van der Waals surface area contributed by atoms with Crippen molar-refractivity contribution >= 4 is 27.8 Å². The van der Waals surface area contributed by atoms with Gasteiger partial charge in [-0.3, -0.25) is 9.59 Å². The van der Waals surface area contributed by atoms with Crippen molar-refractivity contribution in [3.05, 3.63) is 34.3 Å². The molecule has 0 atom stereocenters. The number of nitrogens with zero attached hydrogens (tertiary/aromatic N) is 1. The quantitative estimate of drug-likeness (QED) is 0.891. The lowest BCUT2D eigenvalue weighted by molar-refractivity contribution is -0.139. The molecule has 1 saturated carbocycles. The van der Waals surface area contributed by atoms with E-state index in [4.69, 9.17) is 5.11 Å². The van der Waals surface area contributed by atoms with Gasteiger partial charge in [-0.25, -0.2) is 0 Å². The minimum atomic E-state index is -0.738. The summed E-state index contributed by atoms with van der Waals surface area (Å²) in [5, 5.41) is 8.87. The first kappa shape index (κ1) is 15.5. The molecule has 1 aliphatic carbocycles. The summed E-state index contributed by atoms with van der Waals surface area (Å²) < 4.78 is 1.02. The number of halogens is 1. The van der Waals surface area contributed by atoms with E-state index in [1.807, 2.05) is 29.2 Å². The minimum Gasteiger partial charge on any atom is -0.481 e. The molecule has 5 heteroatoms. The largest absolute Gasteiger partial charge is 0.481 e. The van der Waals surface area contributed by atoms with Gasteiger partial charge in [-0.15, -0.1) is 0 Å². The van der Waals surface area contributed by atoms with E-state index in [2.05, 4.69) is 15.9 Å². The molecule has 2 fully saturated rings. The first-order valence-electron chi connectivity index (χ1n) is 7.78. The number of hydrogen-bond donors (Lipinski definition) is 1. The van der Waals surface area contributed by atoms with Gasteiger partial charge in [0.25, 0.3) is 0 Å². The zero-order valence-electron chi connectivity index (χ0n) is 12.4. The van der Waals surface area contributed by atoms with Crippen LogP contribution in [0.5, 0.6) is 0 Å². The summed E-state index contributed by atoms with van der Waals surface area (Å²) in [4.78, 5) is 25.6. The Balaban J connectivity index is 1.65. The molecular weight excluding hydrogens is 346 g/mol. The molecular formula is C17H20BrNO3. The van der Waals surface area contributed by atoms with E-state index in [0.717, 1.165) is 35.7 Å². The molecule has 2 aliphatic rings. The van der Waals surface area contributed by atoms with E-state index < -0.39 is 5.97 Å². The number of carboxylic acids is 1. The number of rotatable bonds is 4. The fourth-order valence-electron chi connectivity index (χ4n) is 3.41. The highest BCUT2D eigenvalue weighted by molar-refractivity contribution is 9.10. The number of amides is 1. The Bertz CT molecular complexity index is 572. The molecule has 1 aliphatic heterocycles. The Labute approximate surface area is 138 Å². The van der Waals surface area contributed by atoms with E-state index in [1.54, 1.807) is 0 Å². The maximum Gasteiger partial charge on any atom is 0.303 e. The van der Waals surface area contributed by atoms with Crippen molar-refractivity contribution in [3.8, 4) is 0 Å². The van der Waals surface area contributed by atoms with Gasteiger partial charge in [-0.2, -0.15) is 0 Å². The van der Waals surface area contributed by atoms with Gasteiger partial charge >= 0.3 is 5.97 Å². The summed E-state index contributed by atoms with van der Waals surface area (Å²) in [7, 11) is 0. The third kappa shape index (κ3) is 3.05. The van der Waals surface area contributed by atoms with Crippen LogP contribution in [0.25, 0.3) is 0 Å². The van der Waals surface area contributed by atoms with Gasteiger partial charge in [0.2, 0.25) is 5.91 Å². The van der Waals surface area contributed by atoms with E-state index in [0.29, 0.717) is 13.1 Å². The van der Waals surface area contributed by atoms with Crippen molar-refractivity contribution < 1.29 is 14.7 Å². The number of carboxylic acid groups (broad SMARTS) is 1. The average molecular weight is 366 g/mol. The number of carbonyl (C=O) groups excluding carboxylic acids is 1. The van der Waals surface area contributed by atoms with Crippen LogP contribution in [0, 0.1) is 5.92 Å². The van der Waals surface area contributed by atoms with Crippen LogP contribution in [0.3, 0.4) is 0 Å². The van der Waals surface area contributed by atoms with Crippen molar-refractivity contribution in [2.75, 3.05) is 13.1 Å². The molecule has 1 aromatic rings. The molecule has 0 aromatic heterocycles. The molecule has 0 spiro atoms. The summed E-state index contributed by atoms with van der Waals surface area (Å²) >= 11 is 3.43. The Kier molecular flexibility index (Phi) is 4.26. The average Bonchev–Trinajstić information content (AvgIpc) is 3.29. The second kappa shape index (κ2) is 6.03. The molecule has 0 bridgehead atoms. The number of piperidine rings is 1. The maximum absolute atomic E-state index is 12.9. The van der Waals surface area contributed by atoms with E-state index in [-0.39, 0.29) is 23.7 Å². The van der Waals surface area contributed by atoms with Crippen LogP contribution in [0.1, 0.15) is 37.7 Å². The van der Waals surface area contributed by atoms with Crippen molar-refractivity contribution in [1.82, 2.24) is 4.90 Å². The van der Waals surface area contributed by atoms with E-state index in [9.17, 15) is 9.59 Å². The monoisotopic (exact) mass is 365 g/mol. The highest BCUT2D eigenvalue weighted by Gasteiger charge is 2.53. The van der Waals surface area contributed by atoms with Crippen molar-refractivity contribution in [1.29, 1.82) is 0 Å². The van der Waals surface area contributed by atoms with Gasteiger partial charge in [0.1, 0.15) is 0 Å². The molecule has 1 heterocycles. The summed E-state index contributed by atoms with van der Waals surface area (Å²) in [5.74, 6) is -0.300. The highest BCUT2D eigenvalue weighted by atomic mass is 79.9. The van der Waals surface area contributed by atoms with Gasteiger partial charge in [0, 0.05) is 24.0 Å². The predicted molar refractivity (Wildman–Crippen MR) is 86.6 cm³/mol. The topological polar surface area (TPSA) is 57.6 Å². The Morgan fingerprint density at radius 1 is 1.18 bits per heavy atom. The second-order valence-electron chi connectivity index (χ2n) is 6.42. The Morgan fingerprint density at radius 3 is 2.27 bits per heavy atom. The van der Waals surface area contributed by atoms with Crippen LogP contribution >= 0.6 is 15.9 Å². The fraction of sp³-hybridized carbons (Fsp3) is 0.529. The number of benzene rings is 1. The van der Waals surface area contributed by atoms with Crippen LogP contribution in [0.4, 0.5) is 0 Å². The van der Waals surface area contributed by atoms with Crippen LogP contribution in [-0.2, 0) is 15.0 Å².